The minimum absolute atomic E-state index is 0.865. The minimum atomic E-state index is 0.865. The molecule has 1 heterocycles. The average molecular weight is 175 g/mol. The first-order valence-corrected chi connectivity index (χ1v) is 4.63. The third-order valence-electron chi connectivity index (χ3n) is 1.79. The van der Waals surface area contributed by atoms with Crippen LogP contribution in [0, 0.1) is 0 Å². The summed E-state index contributed by atoms with van der Waals surface area (Å²) in [4.78, 5) is 0. The molecule has 1 aromatic heterocycles. The Kier molecular flexibility index (Phi) is 1.92. The zero-order valence-corrected chi connectivity index (χ0v) is 7.47. The van der Waals surface area contributed by atoms with Gasteiger partial charge in [-0.1, -0.05) is 24.3 Å². The normalized spacial score (nSPS) is 10.3. The molecule has 60 valence electrons. The average Bonchev–Trinajstić information content (AvgIpc) is 2.50. The first kappa shape index (κ1) is 7.50. The number of nitrogens with zero attached hydrogens (tertiary/aromatic N) is 1. The smallest absolute Gasteiger partial charge is 0.0658 e. The van der Waals surface area contributed by atoms with Crippen molar-refractivity contribution in [2.45, 2.75) is 6.42 Å². The van der Waals surface area contributed by atoms with Crippen molar-refractivity contribution in [2.24, 2.45) is 0 Å². The molecule has 2 aromatic rings. The Morgan fingerprint density at radius 3 is 3.08 bits per heavy atom. The number of hydrogen-bond acceptors (Lipinski definition) is 2. The maximum Gasteiger partial charge on any atom is 0.0658 e. The summed E-state index contributed by atoms with van der Waals surface area (Å²) in [6.45, 7) is 3.71. The van der Waals surface area contributed by atoms with Crippen molar-refractivity contribution in [3.8, 4) is 0 Å². The topological polar surface area (TPSA) is 12.9 Å². The van der Waals surface area contributed by atoms with Gasteiger partial charge in [-0.15, -0.1) is 6.58 Å². The molecule has 0 aliphatic carbocycles. The van der Waals surface area contributed by atoms with Gasteiger partial charge in [0.25, 0.3) is 0 Å². The summed E-state index contributed by atoms with van der Waals surface area (Å²) in [5.74, 6) is 0. The second-order valence-electron chi connectivity index (χ2n) is 2.62. The van der Waals surface area contributed by atoms with Gasteiger partial charge in [-0.3, -0.25) is 0 Å². The second-order valence-corrected chi connectivity index (χ2v) is 3.42. The van der Waals surface area contributed by atoms with E-state index in [1.165, 1.54) is 10.1 Å². The molecule has 2 heteroatoms. The van der Waals surface area contributed by atoms with Crippen LogP contribution >= 0.6 is 11.5 Å². The highest BCUT2D eigenvalue weighted by Crippen LogP contribution is 2.22. The maximum atomic E-state index is 4.36. The predicted molar refractivity (Wildman–Crippen MR) is 53.5 cm³/mol. The van der Waals surface area contributed by atoms with E-state index in [0.29, 0.717) is 0 Å². The van der Waals surface area contributed by atoms with Gasteiger partial charge in [-0.2, -0.15) is 4.37 Å². The highest BCUT2D eigenvalue weighted by molar-refractivity contribution is 7.13. The van der Waals surface area contributed by atoms with Gasteiger partial charge in [0.05, 0.1) is 10.4 Å². The van der Waals surface area contributed by atoms with Crippen LogP contribution in [0.4, 0.5) is 0 Å². The van der Waals surface area contributed by atoms with Gasteiger partial charge in [0, 0.05) is 11.8 Å². The zero-order valence-electron chi connectivity index (χ0n) is 6.66. The molecule has 0 atom stereocenters. The van der Waals surface area contributed by atoms with Gasteiger partial charge in [0.1, 0.15) is 0 Å². The van der Waals surface area contributed by atoms with Crippen LogP contribution in [0.3, 0.4) is 0 Å². The van der Waals surface area contributed by atoms with Crippen molar-refractivity contribution < 1.29 is 0 Å². The quantitative estimate of drug-likeness (QED) is 0.639. The van der Waals surface area contributed by atoms with Crippen LogP contribution in [0.1, 0.15) is 5.69 Å². The molecule has 1 nitrogen and oxygen atoms in total. The lowest BCUT2D eigenvalue weighted by Gasteiger charge is -1.89. The molecule has 0 fully saturated rings. The van der Waals surface area contributed by atoms with E-state index in [1.54, 1.807) is 11.5 Å². The summed E-state index contributed by atoms with van der Waals surface area (Å²) in [5, 5.41) is 1.27. The van der Waals surface area contributed by atoms with E-state index >= 15 is 0 Å². The largest absolute Gasteiger partial charge is 0.196 e. The molecular weight excluding hydrogens is 166 g/mol. The van der Waals surface area contributed by atoms with Crippen molar-refractivity contribution in [3.63, 3.8) is 0 Å². The zero-order chi connectivity index (χ0) is 8.39. The molecule has 12 heavy (non-hydrogen) atoms. The Bertz CT molecular complexity index is 403. The summed E-state index contributed by atoms with van der Waals surface area (Å²) in [5.41, 5.74) is 1.14. The first-order valence-electron chi connectivity index (χ1n) is 3.86. The van der Waals surface area contributed by atoms with Crippen LogP contribution in [0.15, 0.2) is 36.9 Å². The van der Waals surface area contributed by atoms with Gasteiger partial charge in [-0.25, -0.2) is 0 Å². The number of hydrogen-bond donors (Lipinski definition) is 0. The third-order valence-corrected chi connectivity index (χ3v) is 2.65. The van der Waals surface area contributed by atoms with E-state index in [2.05, 4.69) is 23.1 Å². The van der Waals surface area contributed by atoms with E-state index in [1.807, 2.05) is 18.2 Å². The maximum absolute atomic E-state index is 4.36. The van der Waals surface area contributed by atoms with Crippen molar-refractivity contribution in [1.82, 2.24) is 4.37 Å². The van der Waals surface area contributed by atoms with Gasteiger partial charge in [0.15, 0.2) is 0 Å². The number of rotatable bonds is 2. The van der Waals surface area contributed by atoms with Gasteiger partial charge in [0.2, 0.25) is 0 Å². The molecule has 0 saturated carbocycles. The predicted octanol–water partition coefficient (Wildman–Crippen LogP) is 3.02. The Balaban J connectivity index is 2.62. The number of fused-ring (bicyclic) bond motifs is 1. The van der Waals surface area contributed by atoms with Crippen LogP contribution in [-0.2, 0) is 6.42 Å². The molecule has 2 rings (SSSR count). The van der Waals surface area contributed by atoms with Crippen LogP contribution < -0.4 is 0 Å². The van der Waals surface area contributed by atoms with E-state index in [0.717, 1.165) is 12.1 Å². The lowest BCUT2D eigenvalue weighted by molar-refractivity contribution is 1.22. The summed E-state index contributed by atoms with van der Waals surface area (Å²) in [7, 11) is 0. The number of allylic oxidation sites excluding steroid dienone is 1. The Morgan fingerprint density at radius 1 is 1.42 bits per heavy atom. The number of benzene rings is 1. The summed E-state index contributed by atoms with van der Waals surface area (Å²) in [6.07, 6.45) is 2.76. The Morgan fingerprint density at radius 2 is 2.25 bits per heavy atom. The monoisotopic (exact) mass is 175 g/mol. The Hall–Kier alpha value is -1.15. The molecule has 0 aliphatic heterocycles. The standard InChI is InChI=1S/C10H9NS/c1-2-5-9-8-6-3-4-7-10(8)12-11-9/h2-4,6-7H,1,5H2. The van der Waals surface area contributed by atoms with Crippen LogP contribution in [0.25, 0.3) is 10.1 Å². The molecule has 0 N–H and O–H groups in total. The molecule has 0 aliphatic rings. The molecule has 1 aromatic carbocycles. The highest BCUT2D eigenvalue weighted by Gasteiger charge is 2.01. The van der Waals surface area contributed by atoms with Crippen molar-refractivity contribution in [1.29, 1.82) is 0 Å². The highest BCUT2D eigenvalue weighted by atomic mass is 32.1. The lowest BCUT2D eigenvalue weighted by atomic mass is 10.2. The fourth-order valence-electron chi connectivity index (χ4n) is 1.22. The van der Waals surface area contributed by atoms with Gasteiger partial charge in [-0.05, 0) is 17.6 Å². The molecule has 0 spiro atoms. The number of aromatic nitrogens is 1. The Labute approximate surface area is 75.5 Å². The van der Waals surface area contributed by atoms with Gasteiger partial charge >= 0.3 is 0 Å². The third kappa shape index (κ3) is 1.14. The lowest BCUT2D eigenvalue weighted by Crippen LogP contribution is -1.78. The van der Waals surface area contributed by atoms with E-state index in [-0.39, 0.29) is 0 Å². The SMILES string of the molecule is C=CCc1nsc2ccccc12. The van der Waals surface area contributed by atoms with Crippen molar-refractivity contribution in [2.75, 3.05) is 0 Å². The van der Waals surface area contributed by atoms with Crippen LogP contribution in [-0.4, -0.2) is 4.37 Å². The summed E-state index contributed by atoms with van der Waals surface area (Å²) in [6, 6.07) is 8.29. The van der Waals surface area contributed by atoms with Crippen molar-refractivity contribution >= 4 is 21.6 Å². The summed E-state index contributed by atoms with van der Waals surface area (Å²) >= 11 is 1.56. The molecule has 0 amide bonds. The fourth-order valence-corrected chi connectivity index (χ4v) is 2.03. The van der Waals surface area contributed by atoms with Crippen LogP contribution in [0.2, 0.25) is 0 Å². The molecule has 0 bridgehead atoms. The second kappa shape index (κ2) is 3.07. The summed E-state index contributed by atoms with van der Waals surface area (Å²) < 4.78 is 5.61. The van der Waals surface area contributed by atoms with Gasteiger partial charge < -0.3 is 0 Å². The van der Waals surface area contributed by atoms with E-state index < -0.39 is 0 Å². The molecule has 0 saturated heterocycles. The first-order chi connectivity index (χ1) is 5.92. The fraction of sp³-hybridized carbons (Fsp3) is 0.100. The molecule has 0 unspecified atom stereocenters. The molecule has 0 radical (unpaired) electrons. The minimum Gasteiger partial charge on any atom is -0.196 e. The molecular formula is C10H9NS. The van der Waals surface area contributed by atoms with E-state index in [4.69, 9.17) is 0 Å². The van der Waals surface area contributed by atoms with Crippen LogP contribution in [0.5, 0.6) is 0 Å². The van der Waals surface area contributed by atoms with Crippen molar-refractivity contribution in [3.05, 3.63) is 42.6 Å². The van der Waals surface area contributed by atoms with E-state index in [9.17, 15) is 0 Å².